The molecule has 1 N–H and O–H groups in total. The maximum absolute atomic E-state index is 12.3. The fraction of sp³-hybridized carbons (Fsp3) is 0.500. The molecule has 0 aliphatic carbocycles. The lowest BCUT2D eigenvalue weighted by Gasteiger charge is -2.33. The maximum Gasteiger partial charge on any atom is 0.319 e. The monoisotopic (exact) mass is 290 g/mol. The number of likely N-dealkylation sites (N-methyl/N-ethyl adjacent to an activating group) is 1. The highest BCUT2D eigenvalue weighted by Crippen LogP contribution is 2.18. The van der Waals surface area contributed by atoms with Gasteiger partial charge in [0, 0.05) is 26.7 Å². The lowest BCUT2D eigenvalue weighted by molar-refractivity contribution is -0.143. The summed E-state index contributed by atoms with van der Waals surface area (Å²) in [6.45, 7) is 1.73. The van der Waals surface area contributed by atoms with Crippen LogP contribution in [0.15, 0.2) is 30.3 Å². The summed E-state index contributed by atoms with van der Waals surface area (Å²) >= 11 is 0. The predicted molar refractivity (Wildman–Crippen MR) is 80.1 cm³/mol. The van der Waals surface area contributed by atoms with Crippen LogP contribution in [0.1, 0.15) is 18.4 Å². The summed E-state index contributed by atoms with van der Waals surface area (Å²) in [4.78, 5) is 26.7. The highest BCUT2D eigenvalue weighted by molar-refractivity contribution is 5.75. The third-order valence-electron chi connectivity index (χ3n) is 4.02. The zero-order chi connectivity index (χ0) is 15.2. The van der Waals surface area contributed by atoms with Crippen molar-refractivity contribution in [1.82, 2.24) is 9.80 Å². The van der Waals surface area contributed by atoms with Crippen molar-refractivity contribution < 1.29 is 14.7 Å². The van der Waals surface area contributed by atoms with Crippen molar-refractivity contribution in [2.24, 2.45) is 5.92 Å². The van der Waals surface area contributed by atoms with E-state index in [1.807, 2.05) is 18.2 Å². The molecule has 1 aromatic rings. The number of amides is 2. The molecule has 0 aromatic heterocycles. The fourth-order valence-electron chi connectivity index (χ4n) is 2.60. The van der Waals surface area contributed by atoms with Crippen molar-refractivity contribution in [3.8, 4) is 0 Å². The molecule has 0 bridgehead atoms. The molecule has 2 amide bonds. The summed E-state index contributed by atoms with van der Waals surface area (Å²) in [5, 5.41) is 8.97. The molecule has 5 heteroatoms. The normalized spacial score (nSPS) is 15.8. The van der Waals surface area contributed by atoms with Crippen molar-refractivity contribution in [1.29, 1.82) is 0 Å². The largest absolute Gasteiger partial charge is 0.481 e. The van der Waals surface area contributed by atoms with E-state index in [9.17, 15) is 9.59 Å². The van der Waals surface area contributed by atoms with Gasteiger partial charge in [0.15, 0.2) is 0 Å². The number of rotatable bonds is 4. The minimum absolute atomic E-state index is 0.00484. The van der Waals surface area contributed by atoms with Crippen molar-refractivity contribution in [3.05, 3.63) is 35.9 Å². The summed E-state index contributed by atoms with van der Waals surface area (Å²) in [5.74, 6) is -1.05. The lowest BCUT2D eigenvalue weighted by Crippen LogP contribution is -2.46. The van der Waals surface area contributed by atoms with Gasteiger partial charge in [-0.2, -0.15) is 0 Å². The molecule has 0 saturated carbocycles. The van der Waals surface area contributed by atoms with Crippen LogP contribution in [0.3, 0.4) is 0 Å². The van der Waals surface area contributed by atoms with Crippen LogP contribution in [0.4, 0.5) is 4.79 Å². The van der Waals surface area contributed by atoms with Crippen molar-refractivity contribution in [2.45, 2.75) is 19.3 Å². The predicted octanol–water partition coefficient (Wildman–Crippen LogP) is 2.08. The van der Waals surface area contributed by atoms with Crippen molar-refractivity contribution in [2.75, 3.05) is 26.7 Å². The first kappa shape index (κ1) is 15.4. The Bertz CT molecular complexity index is 482. The number of carbonyl (C=O) groups is 2. The Balaban J connectivity index is 1.79. The van der Waals surface area contributed by atoms with Crippen LogP contribution >= 0.6 is 0 Å². The molecule has 1 fully saturated rings. The molecule has 114 valence electrons. The second-order valence-corrected chi connectivity index (χ2v) is 5.54. The number of hydrogen-bond donors (Lipinski definition) is 1. The number of hydrogen-bond acceptors (Lipinski definition) is 2. The quantitative estimate of drug-likeness (QED) is 0.923. The van der Waals surface area contributed by atoms with E-state index in [-0.39, 0.29) is 11.9 Å². The minimum Gasteiger partial charge on any atom is -0.481 e. The Morgan fingerprint density at radius 1 is 1.24 bits per heavy atom. The van der Waals surface area contributed by atoms with E-state index in [1.165, 1.54) is 5.56 Å². The number of carboxylic acid groups (broad SMARTS) is 1. The molecule has 0 unspecified atom stereocenters. The highest BCUT2D eigenvalue weighted by Gasteiger charge is 2.28. The minimum atomic E-state index is -0.750. The summed E-state index contributed by atoms with van der Waals surface area (Å²) < 4.78 is 0. The number of benzene rings is 1. The Morgan fingerprint density at radius 2 is 1.86 bits per heavy atom. The SMILES string of the molecule is CN(CCc1ccccc1)C(=O)N1CCC(C(=O)O)CC1. The molecule has 1 aliphatic heterocycles. The number of urea groups is 1. The third kappa shape index (κ3) is 4.21. The zero-order valence-corrected chi connectivity index (χ0v) is 12.4. The number of carbonyl (C=O) groups excluding carboxylic acids is 1. The number of likely N-dealkylation sites (tertiary alicyclic amines) is 1. The molecular formula is C16H22N2O3. The van der Waals surface area contributed by atoms with Gasteiger partial charge in [-0.1, -0.05) is 30.3 Å². The van der Waals surface area contributed by atoms with E-state index < -0.39 is 5.97 Å². The Kier molecular flexibility index (Phi) is 5.20. The van der Waals surface area contributed by atoms with Gasteiger partial charge < -0.3 is 14.9 Å². The van der Waals surface area contributed by atoms with Gasteiger partial charge in [0.1, 0.15) is 0 Å². The van der Waals surface area contributed by atoms with E-state index in [1.54, 1.807) is 16.8 Å². The van der Waals surface area contributed by atoms with Crippen LogP contribution in [0.5, 0.6) is 0 Å². The summed E-state index contributed by atoms with van der Waals surface area (Å²) in [5.41, 5.74) is 1.21. The number of piperidine rings is 1. The molecule has 0 atom stereocenters. The second-order valence-electron chi connectivity index (χ2n) is 5.54. The summed E-state index contributed by atoms with van der Waals surface area (Å²) in [6.07, 6.45) is 1.93. The van der Waals surface area contributed by atoms with Gasteiger partial charge in [-0.3, -0.25) is 4.79 Å². The molecule has 1 saturated heterocycles. The number of aliphatic carboxylic acids is 1. The van der Waals surface area contributed by atoms with Crippen LogP contribution in [-0.4, -0.2) is 53.6 Å². The number of nitrogens with zero attached hydrogens (tertiary/aromatic N) is 2. The summed E-state index contributed by atoms with van der Waals surface area (Å²) in [7, 11) is 1.80. The van der Waals surface area contributed by atoms with Crippen LogP contribution in [0.2, 0.25) is 0 Å². The van der Waals surface area contributed by atoms with E-state index in [0.717, 1.165) is 6.42 Å². The molecule has 5 nitrogen and oxygen atoms in total. The average molecular weight is 290 g/mol. The van der Waals surface area contributed by atoms with Crippen LogP contribution in [-0.2, 0) is 11.2 Å². The van der Waals surface area contributed by atoms with E-state index in [4.69, 9.17) is 5.11 Å². The van der Waals surface area contributed by atoms with Gasteiger partial charge in [0.05, 0.1) is 5.92 Å². The first-order chi connectivity index (χ1) is 10.1. The molecule has 1 heterocycles. The first-order valence-corrected chi connectivity index (χ1v) is 7.34. The smallest absolute Gasteiger partial charge is 0.319 e. The van der Waals surface area contributed by atoms with Gasteiger partial charge in [-0.25, -0.2) is 4.79 Å². The van der Waals surface area contributed by atoms with Crippen molar-refractivity contribution in [3.63, 3.8) is 0 Å². The molecule has 1 aromatic carbocycles. The first-order valence-electron chi connectivity index (χ1n) is 7.34. The van der Waals surface area contributed by atoms with Gasteiger partial charge in [0.25, 0.3) is 0 Å². The number of carboxylic acids is 1. The van der Waals surface area contributed by atoms with Crippen LogP contribution < -0.4 is 0 Å². The van der Waals surface area contributed by atoms with E-state index in [0.29, 0.717) is 32.5 Å². The fourth-order valence-corrected chi connectivity index (χ4v) is 2.60. The Hall–Kier alpha value is -2.04. The zero-order valence-electron chi connectivity index (χ0n) is 12.4. The highest BCUT2D eigenvalue weighted by atomic mass is 16.4. The van der Waals surface area contributed by atoms with Gasteiger partial charge >= 0.3 is 12.0 Å². The van der Waals surface area contributed by atoms with Gasteiger partial charge in [-0.05, 0) is 24.8 Å². The van der Waals surface area contributed by atoms with Gasteiger partial charge in [-0.15, -0.1) is 0 Å². The maximum atomic E-state index is 12.3. The summed E-state index contributed by atoms with van der Waals surface area (Å²) in [6, 6.07) is 10.1. The topological polar surface area (TPSA) is 60.9 Å². The molecule has 0 spiro atoms. The molecule has 21 heavy (non-hydrogen) atoms. The molecule has 1 aliphatic rings. The molecule has 0 radical (unpaired) electrons. The molecule has 2 rings (SSSR count). The third-order valence-corrected chi connectivity index (χ3v) is 4.02. The Labute approximate surface area is 125 Å². The lowest BCUT2D eigenvalue weighted by atomic mass is 9.97. The Morgan fingerprint density at radius 3 is 2.43 bits per heavy atom. The van der Waals surface area contributed by atoms with Crippen LogP contribution in [0, 0.1) is 5.92 Å². The second kappa shape index (κ2) is 7.11. The van der Waals surface area contributed by atoms with Crippen LogP contribution in [0.25, 0.3) is 0 Å². The van der Waals surface area contributed by atoms with Crippen molar-refractivity contribution >= 4 is 12.0 Å². The van der Waals surface area contributed by atoms with E-state index >= 15 is 0 Å². The molecular weight excluding hydrogens is 268 g/mol. The standard InChI is InChI=1S/C16H22N2O3/c1-17(10-7-13-5-3-2-4-6-13)16(21)18-11-8-14(9-12-18)15(19)20/h2-6,14H,7-12H2,1H3,(H,19,20). The van der Waals surface area contributed by atoms with Gasteiger partial charge in [0.2, 0.25) is 0 Å². The average Bonchev–Trinajstić information content (AvgIpc) is 2.53. The van der Waals surface area contributed by atoms with E-state index in [2.05, 4.69) is 12.1 Å².